The maximum atomic E-state index is 12.6. The first-order valence-corrected chi connectivity index (χ1v) is 10.9. The molecule has 4 rings (SSSR count). The molecule has 4 atom stereocenters. The van der Waals surface area contributed by atoms with Crippen molar-refractivity contribution in [3.05, 3.63) is 29.8 Å². The molecule has 1 aromatic carbocycles. The second kappa shape index (κ2) is 8.90. The van der Waals surface area contributed by atoms with E-state index in [2.05, 4.69) is 15.0 Å². The smallest absolute Gasteiger partial charge is 0.406 e. The summed E-state index contributed by atoms with van der Waals surface area (Å²) in [5.74, 6) is 0.488. The largest absolute Gasteiger partial charge is 0.573 e. The number of nitrogens with zero attached hydrogens (tertiary/aromatic N) is 2. The van der Waals surface area contributed by atoms with Crippen molar-refractivity contribution in [3.63, 3.8) is 0 Å². The van der Waals surface area contributed by atoms with Crippen molar-refractivity contribution in [2.24, 2.45) is 17.8 Å². The highest BCUT2D eigenvalue weighted by atomic mass is 19.4. The number of hydrogen-bond donors (Lipinski definition) is 1. The molecule has 3 fully saturated rings. The zero-order chi connectivity index (χ0) is 23.0. The second-order valence-corrected chi connectivity index (χ2v) is 9.03. The topological polar surface area (TPSA) is 71.1 Å². The first-order chi connectivity index (χ1) is 15.1. The summed E-state index contributed by atoms with van der Waals surface area (Å²) in [6, 6.07) is 5.04. The number of benzene rings is 1. The predicted molar refractivity (Wildman–Crippen MR) is 109 cm³/mol. The van der Waals surface area contributed by atoms with Crippen molar-refractivity contribution >= 4 is 11.8 Å². The number of carbonyl (C=O) groups excluding carboxylic acids is 2. The van der Waals surface area contributed by atoms with E-state index in [0.29, 0.717) is 43.9 Å². The minimum absolute atomic E-state index is 0.0448. The Balaban J connectivity index is 1.20. The molecule has 0 bridgehead atoms. The molecule has 0 spiro atoms. The number of carbonyl (C=O) groups is 2. The van der Waals surface area contributed by atoms with E-state index in [9.17, 15) is 22.8 Å². The quantitative estimate of drug-likeness (QED) is 0.712. The third kappa shape index (κ3) is 5.53. The lowest BCUT2D eigenvalue weighted by Crippen LogP contribution is -2.51. The highest BCUT2D eigenvalue weighted by Crippen LogP contribution is 2.51. The van der Waals surface area contributed by atoms with Crippen LogP contribution in [-0.4, -0.2) is 79.5 Å². The third-order valence-corrected chi connectivity index (χ3v) is 6.41. The summed E-state index contributed by atoms with van der Waals surface area (Å²) in [7, 11) is 0. The Morgan fingerprint density at radius 2 is 1.78 bits per heavy atom. The minimum atomic E-state index is -4.80. The lowest BCUT2D eigenvalue weighted by molar-refractivity contribution is -0.274. The summed E-state index contributed by atoms with van der Waals surface area (Å²) in [6.07, 6.45) is -4.71. The SMILES string of the molecule is CC1CN(C(=O)CN2CC3C(CNC(=O)c4cccc(OC(F)(F)F)c4)C3C2)CC(C)O1. The monoisotopic (exact) mass is 455 g/mol. The van der Waals surface area contributed by atoms with Crippen LogP contribution in [-0.2, 0) is 9.53 Å². The van der Waals surface area contributed by atoms with Gasteiger partial charge in [-0.3, -0.25) is 14.5 Å². The van der Waals surface area contributed by atoms with Crippen molar-refractivity contribution in [2.75, 3.05) is 39.3 Å². The molecular formula is C22H28F3N3O4. The van der Waals surface area contributed by atoms with Crippen molar-refractivity contribution in [1.29, 1.82) is 0 Å². The van der Waals surface area contributed by atoms with Crippen molar-refractivity contribution < 1.29 is 32.2 Å². The molecule has 3 aliphatic rings. The number of nitrogens with one attached hydrogen (secondary N) is 1. The van der Waals surface area contributed by atoms with Gasteiger partial charge in [0.25, 0.3) is 5.91 Å². The maximum absolute atomic E-state index is 12.6. The van der Waals surface area contributed by atoms with E-state index < -0.39 is 18.0 Å². The van der Waals surface area contributed by atoms with Gasteiger partial charge in [0.05, 0.1) is 18.8 Å². The Hall–Kier alpha value is -2.33. The molecule has 1 N–H and O–H groups in total. The average Bonchev–Trinajstić information content (AvgIpc) is 3.15. The van der Waals surface area contributed by atoms with Gasteiger partial charge in [0.2, 0.25) is 5.91 Å². The van der Waals surface area contributed by atoms with Crippen LogP contribution in [0.5, 0.6) is 5.75 Å². The molecule has 2 saturated heterocycles. The Bertz CT molecular complexity index is 843. The first-order valence-electron chi connectivity index (χ1n) is 10.9. The third-order valence-electron chi connectivity index (χ3n) is 6.41. The van der Waals surface area contributed by atoms with Crippen LogP contribution in [0.3, 0.4) is 0 Å². The van der Waals surface area contributed by atoms with Crippen molar-refractivity contribution in [1.82, 2.24) is 15.1 Å². The van der Waals surface area contributed by atoms with E-state index in [1.807, 2.05) is 18.7 Å². The van der Waals surface area contributed by atoms with Gasteiger partial charge in [-0.25, -0.2) is 0 Å². The molecule has 32 heavy (non-hydrogen) atoms. The number of piperidine rings is 1. The predicted octanol–water partition coefficient (Wildman–Crippen LogP) is 2.13. The fourth-order valence-corrected chi connectivity index (χ4v) is 4.99. The number of hydrogen-bond acceptors (Lipinski definition) is 5. The molecule has 1 aromatic rings. The summed E-state index contributed by atoms with van der Waals surface area (Å²) < 4.78 is 46.6. The van der Waals surface area contributed by atoms with Crippen LogP contribution < -0.4 is 10.1 Å². The van der Waals surface area contributed by atoms with Crippen LogP contribution in [0, 0.1) is 17.8 Å². The fourth-order valence-electron chi connectivity index (χ4n) is 4.99. The molecule has 2 aliphatic heterocycles. The van der Waals surface area contributed by atoms with Crippen LogP contribution in [0.15, 0.2) is 24.3 Å². The van der Waals surface area contributed by atoms with Gasteiger partial charge >= 0.3 is 6.36 Å². The van der Waals surface area contributed by atoms with E-state index in [1.54, 1.807) is 0 Å². The highest BCUT2D eigenvalue weighted by Gasteiger charge is 2.55. The number of amides is 2. The van der Waals surface area contributed by atoms with E-state index in [-0.39, 0.29) is 23.7 Å². The zero-order valence-corrected chi connectivity index (χ0v) is 18.1. The lowest BCUT2D eigenvalue weighted by Gasteiger charge is -2.36. The van der Waals surface area contributed by atoms with Gasteiger partial charge in [0.1, 0.15) is 5.75 Å². The van der Waals surface area contributed by atoms with Crippen LogP contribution in [0.25, 0.3) is 0 Å². The maximum Gasteiger partial charge on any atom is 0.573 e. The molecule has 0 radical (unpaired) electrons. The molecular weight excluding hydrogens is 427 g/mol. The summed E-state index contributed by atoms with van der Waals surface area (Å²) in [4.78, 5) is 29.0. The molecule has 2 amide bonds. The number of fused-ring (bicyclic) bond motifs is 1. The van der Waals surface area contributed by atoms with Gasteiger partial charge in [0, 0.05) is 38.3 Å². The van der Waals surface area contributed by atoms with Gasteiger partial charge in [-0.1, -0.05) is 6.07 Å². The van der Waals surface area contributed by atoms with Gasteiger partial charge in [-0.05, 0) is 49.8 Å². The second-order valence-electron chi connectivity index (χ2n) is 9.03. The van der Waals surface area contributed by atoms with Crippen LogP contribution in [0.2, 0.25) is 0 Å². The normalized spacial score (nSPS) is 30.0. The van der Waals surface area contributed by atoms with E-state index in [4.69, 9.17) is 4.74 Å². The number of halogens is 3. The first kappa shape index (κ1) is 22.8. The Morgan fingerprint density at radius 1 is 1.12 bits per heavy atom. The summed E-state index contributed by atoms with van der Waals surface area (Å²) in [5, 5.41) is 2.81. The molecule has 1 saturated carbocycles. The standard InChI is InChI=1S/C22H28F3N3O4/c1-13-8-28(9-14(2)31-13)20(29)12-27-10-18-17(19(18)11-27)7-26-21(30)15-4-3-5-16(6-15)32-22(23,24)25/h3-6,13-14,17-19H,7-12H2,1-2H3,(H,26,30). The van der Waals surface area contributed by atoms with Gasteiger partial charge < -0.3 is 19.7 Å². The number of ether oxygens (including phenoxy) is 2. The van der Waals surface area contributed by atoms with Crippen LogP contribution in [0.1, 0.15) is 24.2 Å². The van der Waals surface area contributed by atoms with Gasteiger partial charge in [-0.2, -0.15) is 0 Å². The molecule has 7 nitrogen and oxygen atoms in total. The van der Waals surface area contributed by atoms with E-state index in [1.165, 1.54) is 12.1 Å². The van der Waals surface area contributed by atoms with Crippen molar-refractivity contribution in [3.8, 4) is 5.75 Å². The van der Waals surface area contributed by atoms with Crippen molar-refractivity contribution in [2.45, 2.75) is 32.4 Å². The van der Waals surface area contributed by atoms with E-state index in [0.717, 1.165) is 25.2 Å². The summed E-state index contributed by atoms with van der Waals surface area (Å²) >= 11 is 0. The highest BCUT2D eigenvalue weighted by molar-refractivity contribution is 5.94. The summed E-state index contributed by atoms with van der Waals surface area (Å²) in [6.45, 7) is 7.69. The van der Waals surface area contributed by atoms with Crippen LogP contribution >= 0.6 is 0 Å². The molecule has 10 heteroatoms. The molecule has 176 valence electrons. The lowest BCUT2D eigenvalue weighted by atomic mass is 10.2. The fraction of sp³-hybridized carbons (Fsp3) is 0.636. The zero-order valence-electron chi connectivity index (χ0n) is 18.1. The Labute approximate surface area is 184 Å². The molecule has 0 aromatic heterocycles. The van der Waals surface area contributed by atoms with E-state index >= 15 is 0 Å². The minimum Gasteiger partial charge on any atom is -0.406 e. The van der Waals surface area contributed by atoms with Gasteiger partial charge in [0.15, 0.2) is 0 Å². The molecule has 2 heterocycles. The Kier molecular flexibility index (Phi) is 6.35. The van der Waals surface area contributed by atoms with Gasteiger partial charge in [-0.15, -0.1) is 13.2 Å². The van der Waals surface area contributed by atoms with Crippen LogP contribution in [0.4, 0.5) is 13.2 Å². The number of morpholine rings is 1. The number of rotatable bonds is 6. The average molecular weight is 455 g/mol. The summed E-state index contributed by atoms with van der Waals surface area (Å²) in [5.41, 5.74) is 0.124. The Morgan fingerprint density at radius 3 is 2.41 bits per heavy atom. The molecule has 1 aliphatic carbocycles. The molecule has 4 unspecified atom stereocenters. The number of alkyl halides is 3. The number of likely N-dealkylation sites (tertiary alicyclic amines) is 1.